The molecule has 2 aromatic rings. The molecule has 5 nitrogen and oxygen atoms in total. The minimum absolute atomic E-state index is 0.0418. The molecular formula is C16H13ClF2N2O3. The first-order valence-corrected chi connectivity index (χ1v) is 7.17. The summed E-state index contributed by atoms with van der Waals surface area (Å²) in [4.78, 5) is 23.3. The number of alkyl halides is 2. The van der Waals surface area contributed by atoms with Gasteiger partial charge < -0.3 is 15.4 Å². The molecule has 2 amide bonds. The number of para-hydroxylation sites is 1. The molecule has 0 atom stereocenters. The molecule has 0 fully saturated rings. The fourth-order valence-corrected chi connectivity index (χ4v) is 2.16. The summed E-state index contributed by atoms with van der Waals surface area (Å²) in [6.07, 6.45) is 0. The molecule has 24 heavy (non-hydrogen) atoms. The number of benzene rings is 2. The molecule has 8 heteroatoms. The normalized spacial score (nSPS) is 10.4. The minimum atomic E-state index is -3.04. The molecule has 0 aliphatic heterocycles. The monoisotopic (exact) mass is 354 g/mol. The summed E-state index contributed by atoms with van der Waals surface area (Å²) < 4.78 is 29.1. The van der Waals surface area contributed by atoms with Gasteiger partial charge in [-0.2, -0.15) is 8.78 Å². The van der Waals surface area contributed by atoms with Crippen LogP contribution in [0.15, 0.2) is 42.5 Å². The molecule has 126 valence electrons. The first kappa shape index (κ1) is 17.7. The molecule has 2 aromatic carbocycles. The maximum absolute atomic E-state index is 12.4. The van der Waals surface area contributed by atoms with Gasteiger partial charge in [0.05, 0.1) is 16.3 Å². The lowest BCUT2D eigenvalue weighted by Gasteiger charge is -2.12. The second-order valence-corrected chi connectivity index (χ2v) is 5.11. The van der Waals surface area contributed by atoms with E-state index in [1.165, 1.54) is 49.4 Å². The van der Waals surface area contributed by atoms with Crippen LogP contribution in [0.25, 0.3) is 0 Å². The molecule has 0 saturated carbocycles. The number of ether oxygens (including phenoxy) is 1. The van der Waals surface area contributed by atoms with Gasteiger partial charge in [0.25, 0.3) is 5.91 Å². The van der Waals surface area contributed by atoms with Crippen molar-refractivity contribution < 1.29 is 23.1 Å². The molecule has 0 saturated heterocycles. The molecule has 0 bridgehead atoms. The maximum atomic E-state index is 12.4. The average Bonchev–Trinajstić information content (AvgIpc) is 2.49. The van der Waals surface area contributed by atoms with Crippen molar-refractivity contribution in [1.82, 2.24) is 0 Å². The fraction of sp³-hybridized carbons (Fsp3) is 0.125. The second-order valence-electron chi connectivity index (χ2n) is 4.70. The van der Waals surface area contributed by atoms with Crippen LogP contribution in [0.5, 0.6) is 5.75 Å². The Hall–Kier alpha value is -2.67. The van der Waals surface area contributed by atoms with Crippen molar-refractivity contribution in [3.63, 3.8) is 0 Å². The molecule has 2 N–H and O–H groups in total. The van der Waals surface area contributed by atoms with Gasteiger partial charge in [-0.1, -0.05) is 23.7 Å². The summed E-state index contributed by atoms with van der Waals surface area (Å²) in [5, 5.41) is 5.28. The highest BCUT2D eigenvalue weighted by atomic mass is 35.5. The summed E-state index contributed by atoms with van der Waals surface area (Å²) in [5.74, 6) is -1.15. The molecule has 0 aliphatic rings. The molecule has 0 radical (unpaired) electrons. The first-order valence-electron chi connectivity index (χ1n) is 6.79. The Morgan fingerprint density at radius 1 is 1.12 bits per heavy atom. The van der Waals surface area contributed by atoms with E-state index in [4.69, 9.17) is 11.6 Å². The summed E-state index contributed by atoms with van der Waals surface area (Å²) >= 11 is 6.01. The lowest BCUT2D eigenvalue weighted by Crippen LogP contribution is -2.15. The highest BCUT2D eigenvalue weighted by Crippen LogP contribution is 2.27. The molecule has 0 aliphatic carbocycles. The smallest absolute Gasteiger partial charge is 0.387 e. The zero-order valence-corrected chi connectivity index (χ0v) is 13.2. The number of anilines is 2. The molecular weight excluding hydrogens is 342 g/mol. The third-order valence-corrected chi connectivity index (χ3v) is 3.20. The van der Waals surface area contributed by atoms with Crippen LogP contribution in [0.3, 0.4) is 0 Å². The van der Waals surface area contributed by atoms with Crippen molar-refractivity contribution in [2.45, 2.75) is 13.5 Å². The summed E-state index contributed by atoms with van der Waals surface area (Å²) in [5.41, 5.74) is 0.689. The van der Waals surface area contributed by atoms with Crippen LogP contribution in [0.2, 0.25) is 5.02 Å². The van der Waals surface area contributed by atoms with Crippen LogP contribution >= 0.6 is 11.6 Å². The number of amides is 2. The Morgan fingerprint density at radius 3 is 2.46 bits per heavy atom. The van der Waals surface area contributed by atoms with Crippen molar-refractivity contribution in [3.8, 4) is 5.75 Å². The lowest BCUT2D eigenvalue weighted by atomic mass is 10.2. The van der Waals surface area contributed by atoms with Gasteiger partial charge in [0.2, 0.25) is 5.91 Å². The van der Waals surface area contributed by atoms with Gasteiger partial charge in [-0.25, -0.2) is 0 Å². The van der Waals surface area contributed by atoms with Gasteiger partial charge in [0, 0.05) is 12.6 Å². The SMILES string of the molecule is CC(=O)Nc1ccc(NC(=O)c2ccccc2OC(F)F)cc1Cl. The van der Waals surface area contributed by atoms with E-state index in [9.17, 15) is 18.4 Å². The van der Waals surface area contributed by atoms with E-state index in [0.29, 0.717) is 11.4 Å². The molecule has 2 rings (SSSR count). The number of hydrogen-bond donors (Lipinski definition) is 2. The van der Waals surface area contributed by atoms with Gasteiger partial charge in [0.1, 0.15) is 5.75 Å². The van der Waals surface area contributed by atoms with Crippen molar-refractivity contribution in [3.05, 3.63) is 53.1 Å². The molecule has 0 unspecified atom stereocenters. The van der Waals surface area contributed by atoms with Gasteiger partial charge >= 0.3 is 6.61 Å². The number of carbonyl (C=O) groups is 2. The zero-order chi connectivity index (χ0) is 17.7. The van der Waals surface area contributed by atoms with Crippen LogP contribution in [-0.4, -0.2) is 18.4 Å². The highest BCUT2D eigenvalue weighted by Gasteiger charge is 2.16. The Balaban J connectivity index is 2.18. The lowest BCUT2D eigenvalue weighted by molar-refractivity contribution is -0.114. The van der Waals surface area contributed by atoms with E-state index >= 15 is 0 Å². The third-order valence-electron chi connectivity index (χ3n) is 2.89. The predicted molar refractivity (Wildman–Crippen MR) is 86.8 cm³/mol. The van der Waals surface area contributed by atoms with Gasteiger partial charge in [-0.05, 0) is 30.3 Å². The largest absolute Gasteiger partial charge is 0.434 e. The fourth-order valence-electron chi connectivity index (χ4n) is 1.94. The van der Waals surface area contributed by atoms with Gasteiger partial charge in [-0.3, -0.25) is 9.59 Å². The average molecular weight is 355 g/mol. The van der Waals surface area contributed by atoms with Gasteiger partial charge in [-0.15, -0.1) is 0 Å². The van der Waals surface area contributed by atoms with E-state index < -0.39 is 12.5 Å². The van der Waals surface area contributed by atoms with Crippen molar-refractivity contribution in [2.24, 2.45) is 0 Å². The molecule has 0 aromatic heterocycles. The van der Waals surface area contributed by atoms with Crippen LogP contribution < -0.4 is 15.4 Å². The minimum Gasteiger partial charge on any atom is -0.434 e. The Morgan fingerprint density at radius 2 is 1.83 bits per heavy atom. The number of nitrogens with one attached hydrogen (secondary N) is 2. The first-order chi connectivity index (χ1) is 11.4. The molecule has 0 heterocycles. The van der Waals surface area contributed by atoms with Crippen LogP contribution in [0, 0.1) is 0 Å². The topological polar surface area (TPSA) is 67.4 Å². The highest BCUT2D eigenvalue weighted by molar-refractivity contribution is 6.34. The Bertz CT molecular complexity index is 769. The predicted octanol–water partition coefficient (Wildman–Crippen LogP) is 4.15. The Kier molecular flexibility index (Phi) is 5.70. The van der Waals surface area contributed by atoms with E-state index in [-0.39, 0.29) is 22.2 Å². The second kappa shape index (κ2) is 7.74. The van der Waals surface area contributed by atoms with Crippen molar-refractivity contribution in [2.75, 3.05) is 10.6 Å². The number of carbonyl (C=O) groups excluding carboxylic acids is 2. The van der Waals surface area contributed by atoms with Crippen LogP contribution in [-0.2, 0) is 4.79 Å². The van der Waals surface area contributed by atoms with Crippen molar-refractivity contribution >= 4 is 34.8 Å². The van der Waals surface area contributed by atoms with Crippen LogP contribution in [0.4, 0.5) is 20.2 Å². The quantitative estimate of drug-likeness (QED) is 0.847. The van der Waals surface area contributed by atoms with E-state index in [0.717, 1.165) is 0 Å². The molecule has 0 spiro atoms. The zero-order valence-electron chi connectivity index (χ0n) is 12.5. The Labute approximate surface area is 141 Å². The van der Waals surface area contributed by atoms with Gasteiger partial charge in [0.15, 0.2) is 0 Å². The number of rotatable bonds is 5. The third kappa shape index (κ3) is 4.66. The van der Waals surface area contributed by atoms with E-state index in [2.05, 4.69) is 15.4 Å². The summed E-state index contributed by atoms with van der Waals surface area (Å²) in [6.45, 7) is -1.70. The summed E-state index contributed by atoms with van der Waals surface area (Å²) in [7, 11) is 0. The van der Waals surface area contributed by atoms with Crippen LogP contribution in [0.1, 0.15) is 17.3 Å². The van der Waals surface area contributed by atoms with Crippen molar-refractivity contribution in [1.29, 1.82) is 0 Å². The summed E-state index contributed by atoms with van der Waals surface area (Å²) in [6, 6.07) is 10.1. The van der Waals surface area contributed by atoms with E-state index in [1.807, 2.05) is 0 Å². The maximum Gasteiger partial charge on any atom is 0.387 e. The van der Waals surface area contributed by atoms with E-state index in [1.54, 1.807) is 0 Å². The number of halogens is 3. The number of hydrogen-bond acceptors (Lipinski definition) is 3. The standard InChI is InChI=1S/C16H13ClF2N2O3/c1-9(22)20-13-7-6-10(8-12(13)17)21-15(23)11-4-2-3-5-14(11)24-16(18)19/h2-8,16H,1H3,(H,20,22)(H,21,23).